The summed E-state index contributed by atoms with van der Waals surface area (Å²) in [6, 6.07) is 0.467. The first-order chi connectivity index (χ1) is 9.49. The van der Waals surface area contributed by atoms with Gasteiger partial charge in [-0.1, -0.05) is 6.42 Å². The van der Waals surface area contributed by atoms with Crippen molar-refractivity contribution in [3.05, 3.63) is 0 Å². The van der Waals surface area contributed by atoms with E-state index in [4.69, 9.17) is 0 Å². The van der Waals surface area contributed by atoms with Gasteiger partial charge in [0, 0.05) is 24.0 Å². The molecule has 0 unspecified atom stereocenters. The molecule has 0 bridgehead atoms. The topological polar surface area (TPSA) is 44.4 Å². The molecule has 2 atom stereocenters. The fraction of sp³-hybridized carbons (Fsp3) is 0.938. The minimum Gasteiger partial charge on any atom is -0.354 e. The zero-order valence-electron chi connectivity index (χ0n) is 13.8. The van der Waals surface area contributed by atoms with Gasteiger partial charge in [0.15, 0.2) is 0 Å². The number of likely N-dealkylation sites (tertiary alicyclic amines) is 1. The Morgan fingerprint density at radius 1 is 1.29 bits per heavy atom. The van der Waals surface area contributed by atoms with Gasteiger partial charge >= 0.3 is 0 Å². The van der Waals surface area contributed by atoms with Crippen LogP contribution in [0.3, 0.4) is 0 Å². The summed E-state index contributed by atoms with van der Waals surface area (Å²) in [5.41, 5.74) is 0.0780. The van der Waals surface area contributed by atoms with Crippen LogP contribution in [-0.2, 0) is 4.79 Å². The number of piperidine rings is 2. The maximum Gasteiger partial charge on any atom is 0.223 e. The van der Waals surface area contributed by atoms with E-state index in [1.54, 1.807) is 0 Å². The Morgan fingerprint density at radius 3 is 2.57 bits per heavy atom. The third kappa shape index (κ3) is 5.42. The standard InChI is InChI=1S/C16H31N3O.ClH/c1-13-11-14(7-8-17-13)15(20)18-12-16(2,3)19-9-5-4-6-10-19;/h13-14,17H,4-12H2,1-3H3,(H,18,20);1H/t13-,14-;/m0./s1. The minimum absolute atomic E-state index is 0. The van der Waals surface area contributed by atoms with Crippen molar-refractivity contribution >= 4 is 18.3 Å². The molecule has 2 fully saturated rings. The molecule has 2 heterocycles. The van der Waals surface area contributed by atoms with Crippen molar-refractivity contribution in [2.45, 2.75) is 64.5 Å². The van der Waals surface area contributed by atoms with Crippen molar-refractivity contribution in [2.24, 2.45) is 5.92 Å². The molecule has 0 aromatic carbocycles. The lowest BCUT2D eigenvalue weighted by molar-refractivity contribution is -0.126. The fourth-order valence-electron chi connectivity index (χ4n) is 3.43. The zero-order chi connectivity index (χ0) is 14.6. The van der Waals surface area contributed by atoms with Gasteiger partial charge in [0.05, 0.1) is 0 Å². The van der Waals surface area contributed by atoms with Gasteiger partial charge in [-0.05, 0) is 66.1 Å². The summed E-state index contributed by atoms with van der Waals surface area (Å²) in [5, 5.41) is 6.60. The lowest BCUT2D eigenvalue weighted by atomic mass is 9.92. The first-order valence-electron chi connectivity index (χ1n) is 8.25. The fourth-order valence-corrected chi connectivity index (χ4v) is 3.43. The number of hydrogen-bond donors (Lipinski definition) is 2. The summed E-state index contributed by atoms with van der Waals surface area (Å²) < 4.78 is 0. The van der Waals surface area contributed by atoms with E-state index >= 15 is 0 Å². The average molecular weight is 318 g/mol. The number of nitrogens with zero attached hydrogens (tertiary/aromatic N) is 1. The Hall–Kier alpha value is -0.320. The molecule has 0 radical (unpaired) electrons. The molecule has 2 aliphatic heterocycles. The summed E-state index contributed by atoms with van der Waals surface area (Å²) in [4.78, 5) is 14.8. The average Bonchev–Trinajstić information content (AvgIpc) is 2.46. The van der Waals surface area contributed by atoms with Gasteiger partial charge in [0.25, 0.3) is 0 Å². The highest BCUT2D eigenvalue weighted by Crippen LogP contribution is 2.21. The second-order valence-electron chi connectivity index (χ2n) is 7.15. The summed E-state index contributed by atoms with van der Waals surface area (Å²) in [6.07, 6.45) is 5.88. The van der Waals surface area contributed by atoms with Crippen LogP contribution in [0, 0.1) is 5.92 Å². The van der Waals surface area contributed by atoms with E-state index in [9.17, 15) is 4.79 Å². The second kappa shape index (κ2) is 8.35. The smallest absolute Gasteiger partial charge is 0.223 e. The summed E-state index contributed by atoms with van der Waals surface area (Å²) in [7, 11) is 0. The molecule has 124 valence electrons. The van der Waals surface area contributed by atoms with Crippen LogP contribution in [0.4, 0.5) is 0 Å². The third-order valence-corrected chi connectivity index (χ3v) is 4.90. The van der Waals surface area contributed by atoms with E-state index in [0.717, 1.165) is 25.9 Å². The van der Waals surface area contributed by atoms with Crippen LogP contribution in [0.1, 0.15) is 52.9 Å². The monoisotopic (exact) mass is 317 g/mol. The number of amides is 1. The third-order valence-electron chi connectivity index (χ3n) is 4.90. The number of hydrogen-bond acceptors (Lipinski definition) is 3. The second-order valence-corrected chi connectivity index (χ2v) is 7.15. The van der Waals surface area contributed by atoms with Crippen LogP contribution < -0.4 is 10.6 Å². The van der Waals surface area contributed by atoms with Gasteiger partial charge in [-0.2, -0.15) is 0 Å². The van der Waals surface area contributed by atoms with E-state index in [-0.39, 0.29) is 29.8 Å². The number of carbonyl (C=O) groups is 1. The molecule has 4 nitrogen and oxygen atoms in total. The number of halogens is 1. The Bertz CT molecular complexity index is 329. The number of carbonyl (C=O) groups excluding carboxylic acids is 1. The first-order valence-corrected chi connectivity index (χ1v) is 8.25. The van der Waals surface area contributed by atoms with Crippen molar-refractivity contribution < 1.29 is 4.79 Å². The van der Waals surface area contributed by atoms with Gasteiger partial charge in [0.1, 0.15) is 0 Å². The molecule has 0 spiro atoms. The molecule has 1 amide bonds. The van der Waals surface area contributed by atoms with Crippen LogP contribution in [0.5, 0.6) is 0 Å². The summed E-state index contributed by atoms with van der Waals surface area (Å²) in [6.45, 7) is 10.8. The highest BCUT2D eigenvalue weighted by molar-refractivity contribution is 5.85. The molecule has 2 saturated heterocycles. The van der Waals surface area contributed by atoms with E-state index in [1.807, 2.05) is 0 Å². The predicted molar refractivity (Wildman–Crippen MR) is 89.9 cm³/mol. The van der Waals surface area contributed by atoms with Gasteiger partial charge < -0.3 is 10.6 Å². The molecular weight excluding hydrogens is 286 g/mol. The van der Waals surface area contributed by atoms with Crippen LogP contribution >= 0.6 is 12.4 Å². The zero-order valence-corrected chi connectivity index (χ0v) is 14.6. The normalized spacial score (nSPS) is 27.8. The predicted octanol–water partition coefficient (Wildman–Crippen LogP) is 2.18. The highest BCUT2D eigenvalue weighted by Gasteiger charge is 2.30. The van der Waals surface area contributed by atoms with E-state index in [2.05, 4.69) is 36.3 Å². The van der Waals surface area contributed by atoms with E-state index < -0.39 is 0 Å². The van der Waals surface area contributed by atoms with Crippen molar-refractivity contribution in [3.63, 3.8) is 0 Å². The molecule has 2 rings (SSSR count). The highest BCUT2D eigenvalue weighted by atomic mass is 35.5. The summed E-state index contributed by atoms with van der Waals surface area (Å²) in [5.74, 6) is 0.451. The molecule has 0 saturated carbocycles. The van der Waals surface area contributed by atoms with Gasteiger partial charge in [0.2, 0.25) is 5.91 Å². The number of rotatable bonds is 4. The lowest BCUT2D eigenvalue weighted by Crippen LogP contribution is -2.54. The molecular formula is C16H32ClN3O. The molecule has 5 heteroatoms. The first kappa shape index (κ1) is 18.7. The quantitative estimate of drug-likeness (QED) is 0.835. The molecule has 21 heavy (non-hydrogen) atoms. The molecule has 0 aliphatic carbocycles. The molecule has 0 aromatic heterocycles. The largest absolute Gasteiger partial charge is 0.354 e. The molecule has 0 aromatic rings. The SMILES string of the molecule is C[C@H]1C[C@@H](C(=O)NCC(C)(C)N2CCCCC2)CCN1.Cl. The van der Waals surface area contributed by atoms with Gasteiger partial charge in [-0.15, -0.1) is 12.4 Å². The van der Waals surface area contributed by atoms with E-state index in [0.29, 0.717) is 6.04 Å². The van der Waals surface area contributed by atoms with Crippen molar-refractivity contribution in [3.8, 4) is 0 Å². The van der Waals surface area contributed by atoms with Crippen LogP contribution in [-0.4, -0.2) is 48.6 Å². The molecule has 2 aliphatic rings. The van der Waals surface area contributed by atoms with Gasteiger partial charge in [-0.3, -0.25) is 9.69 Å². The number of nitrogens with one attached hydrogen (secondary N) is 2. The Labute approximate surface area is 135 Å². The summed E-state index contributed by atoms with van der Waals surface area (Å²) >= 11 is 0. The maximum atomic E-state index is 12.3. The lowest BCUT2D eigenvalue weighted by Gasteiger charge is -2.41. The Kier molecular flexibility index (Phi) is 7.45. The van der Waals surface area contributed by atoms with Crippen LogP contribution in [0.25, 0.3) is 0 Å². The Morgan fingerprint density at radius 2 is 1.95 bits per heavy atom. The van der Waals surface area contributed by atoms with E-state index in [1.165, 1.54) is 32.4 Å². The Balaban J connectivity index is 0.00000220. The van der Waals surface area contributed by atoms with Crippen molar-refractivity contribution in [1.82, 2.24) is 15.5 Å². The maximum absolute atomic E-state index is 12.3. The van der Waals surface area contributed by atoms with Crippen molar-refractivity contribution in [2.75, 3.05) is 26.2 Å². The van der Waals surface area contributed by atoms with Crippen molar-refractivity contribution in [1.29, 1.82) is 0 Å². The van der Waals surface area contributed by atoms with Crippen LogP contribution in [0.15, 0.2) is 0 Å². The minimum atomic E-state index is 0. The van der Waals surface area contributed by atoms with Gasteiger partial charge in [-0.25, -0.2) is 0 Å². The van der Waals surface area contributed by atoms with Crippen LogP contribution in [0.2, 0.25) is 0 Å². The molecule has 2 N–H and O–H groups in total.